The summed E-state index contributed by atoms with van der Waals surface area (Å²) >= 11 is 5.02. The summed E-state index contributed by atoms with van der Waals surface area (Å²) in [7, 11) is 0. The van der Waals surface area contributed by atoms with Gasteiger partial charge in [-0.2, -0.15) is 11.8 Å². The quantitative estimate of drug-likeness (QED) is 0.600. The number of nitro groups is 1. The van der Waals surface area contributed by atoms with E-state index in [2.05, 4.69) is 29.8 Å². The van der Waals surface area contributed by atoms with Crippen LogP contribution in [0.1, 0.15) is 24.2 Å². The smallest absolute Gasteiger partial charge is 0.284 e. The van der Waals surface area contributed by atoms with E-state index in [-0.39, 0.29) is 20.8 Å². The Hall–Kier alpha value is -1.08. The molecule has 1 saturated heterocycles. The van der Waals surface area contributed by atoms with Crippen molar-refractivity contribution in [1.29, 1.82) is 0 Å². The molecule has 7 heteroatoms. The van der Waals surface area contributed by atoms with Gasteiger partial charge < -0.3 is 4.90 Å². The largest absolute Gasteiger partial charge is 0.336 e. The van der Waals surface area contributed by atoms with Crippen LogP contribution in [0.4, 0.5) is 5.69 Å². The van der Waals surface area contributed by atoms with Crippen molar-refractivity contribution >= 4 is 39.3 Å². The van der Waals surface area contributed by atoms with Crippen LogP contribution in [0.2, 0.25) is 0 Å². The van der Waals surface area contributed by atoms with Crippen molar-refractivity contribution in [3.63, 3.8) is 0 Å². The van der Waals surface area contributed by atoms with Gasteiger partial charge in [0.05, 0.1) is 10.5 Å². The first kappa shape index (κ1) is 15.3. The molecule has 1 heterocycles. The minimum absolute atomic E-state index is 0.0150. The average molecular weight is 359 g/mol. The summed E-state index contributed by atoms with van der Waals surface area (Å²) in [6.45, 7) is 5.51. The van der Waals surface area contributed by atoms with Crippen LogP contribution in [-0.4, -0.2) is 39.3 Å². The maximum atomic E-state index is 12.5. The van der Waals surface area contributed by atoms with Crippen LogP contribution in [0, 0.1) is 10.1 Å². The molecule has 0 unspecified atom stereocenters. The second kappa shape index (κ2) is 5.73. The van der Waals surface area contributed by atoms with E-state index in [4.69, 9.17) is 0 Å². The van der Waals surface area contributed by atoms with Gasteiger partial charge in [0.1, 0.15) is 4.47 Å². The fourth-order valence-electron chi connectivity index (χ4n) is 2.19. The number of amides is 1. The number of hydrogen-bond acceptors (Lipinski definition) is 4. The predicted octanol–water partition coefficient (Wildman–Crippen LogP) is 3.32. The number of carbonyl (C=O) groups excluding carboxylic acids is 1. The highest BCUT2D eigenvalue weighted by Crippen LogP contribution is 2.33. The number of thioether (sulfide) groups is 1. The summed E-state index contributed by atoms with van der Waals surface area (Å²) < 4.78 is 0.271. The zero-order valence-electron chi connectivity index (χ0n) is 11.3. The first-order chi connectivity index (χ1) is 9.32. The van der Waals surface area contributed by atoms with E-state index >= 15 is 0 Å². The van der Waals surface area contributed by atoms with Gasteiger partial charge in [0.25, 0.3) is 11.6 Å². The fraction of sp³-hybridized carbons (Fsp3) is 0.462. The van der Waals surface area contributed by atoms with E-state index in [1.165, 1.54) is 6.07 Å². The highest BCUT2D eigenvalue weighted by Gasteiger charge is 2.31. The molecule has 108 valence electrons. The van der Waals surface area contributed by atoms with Gasteiger partial charge in [-0.25, -0.2) is 0 Å². The standard InChI is InChI=1S/C13H15BrN2O3S/c1-13(2)8-15(6-7-20-13)12(17)9-4-3-5-10(11(9)14)16(18)19/h3-5H,6-8H2,1-2H3. The van der Waals surface area contributed by atoms with Crippen LogP contribution in [0.25, 0.3) is 0 Å². The minimum Gasteiger partial charge on any atom is -0.336 e. The molecule has 0 aliphatic carbocycles. The third-order valence-electron chi connectivity index (χ3n) is 3.12. The third kappa shape index (κ3) is 3.15. The lowest BCUT2D eigenvalue weighted by atomic mass is 10.1. The average Bonchev–Trinajstić information content (AvgIpc) is 2.36. The molecule has 0 aromatic heterocycles. The van der Waals surface area contributed by atoms with E-state index in [1.54, 1.807) is 17.0 Å². The molecule has 20 heavy (non-hydrogen) atoms. The van der Waals surface area contributed by atoms with Crippen molar-refractivity contribution in [3.05, 3.63) is 38.3 Å². The molecule has 0 bridgehead atoms. The molecule has 1 aromatic carbocycles. The highest BCUT2D eigenvalue weighted by molar-refractivity contribution is 9.10. The zero-order chi connectivity index (χ0) is 14.9. The fourth-order valence-corrected chi connectivity index (χ4v) is 3.88. The van der Waals surface area contributed by atoms with Crippen LogP contribution in [0.5, 0.6) is 0 Å². The Bertz CT molecular complexity index is 563. The number of benzene rings is 1. The van der Waals surface area contributed by atoms with E-state index in [1.807, 2.05) is 11.8 Å². The summed E-state index contributed by atoms with van der Waals surface area (Å²) in [5.74, 6) is 0.722. The Kier molecular flexibility index (Phi) is 4.39. The second-order valence-corrected chi connectivity index (χ2v) is 7.83. The molecular formula is C13H15BrN2O3S. The molecule has 5 nitrogen and oxygen atoms in total. The lowest BCUT2D eigenvalue weighted by Gasteiger charge is -2.37. The van der Waals surface area contributed by atoms with Gasteiger partial charge in [-0.1, -0.05) is 6.07 Å². The molecule has 0 N–H and O–H groups in total. The van der Waals surface area contributed by atoms with Gasteiger partial charge in [0.15, 0.2) is 0 Å². The van der Waals surface area contributed by atoms with Crippen molar-refractivity contribution in [2.24, 2.45) is 0 Å². The third-order valence-corrected chi connectivity index (χ3v) is 5.25. The Morgan fingerprint density at radius 2 is 2.20 bits per heavy atom. The summed E-state index contributed by atoms with van der Waals surface area (Å²) in [6.07, 6.45) is 0. The van der Waals surface area contributed by atoms with Crippen LogP contribution in [-0.2, 0) is 0 Å². The number of carbonyl (C=O) groups is 1. The van der Waals surface area contributed by atoms with Crippen molar-refractivity contribution in [3.8, 4) is 0 Å². The van der Waals surface area contributed by atoms with Crippen LogP contribution >= 0.6 is 27.7 Å². The van der Waals surface area contributed by atoms with Crippen molar-refractivity contribution < 1.29 is 9.72 Å². The molecule has 1 aliphatic heterocycles. The monoisotopic (exact) mass is 358 g/mol. The summed E-state index contributed by atoms with van der Waals surface area (Å²) in [6, 6.07) is 4.55. The van der Waals surface area contributed by atoms with E-state index in [9.17, 15) is 14.9 Å². The minimum atomic E-state index is -0.489. The molecule has 1 amide bonds. The van der Waals surface area contributed by atoms with Gasteiger partial charge >= 0.3 is 0 Å². The number of nitrogens with zero attached hydrogens (tertiary/aromatic N) is 2. The van der Waals surface area contributed by atoms with Gasteiger partial charge in [0, 0.05) is 29.7 Å². The predicted molar refractivity (Wildman–Crippen MR) is 83.2 cm³/mol. The number of nitro benzene ring substituents is 1. The summed E-state index contributed by atoms with van der Waals surface area (Å²) in [4.78, 5) is 24.7. The Balaban J connectivity index is 2.30. The van der Waals surface area contributed by atoms with Crippen molar-refractivity contribution in [1.82, 2.24) is 4.90 Å². The molecule has 1 fully saturated rings. The lowest BCUT2D eigenvalue weighted by Crippen LogP contribution is -2.46. The number of rotatable bonds is 2. The summed E-state index contributed by atoms with van der Waals surface area (Å²) in [5.41, 5.74) is 0.267. The SMILES string of the molecule is CC1(C)CN(C(=O)c2cccc([N+](=O)[O-])c2Br)CCS1. The van der Waals surface area contributed by atoms with Gasteiger partial charge in [-0.15, -0.1) is 0 Å². The van der Waals surface area contributed by atoms with Crippen molar-refractivity contribution in [2.45, 2.75) is 18.6 Å². The first-order valence-corrected chi connectivity index (χ1v) is 7.96. The number of hydrogen-bond donors (Lipinski definition) is 0. The van der Waals surface area contributed by atoms with Gasteiger partial charge in [0.2, 0.25) is 0 Å². The molecule has 0 radical (unpaired) electrons. The molecule has 1 aromatic rings. The Labute approximate surface area is 130 Å². The molecule has 0 spiro atoms. The first-order valence-electron chi connectivity index (χ1n) is 6.18. The van der Waals surface area contributed by atoms with Crippen LogP contribution in [0.15, 0.2) is 22.7 Å². The Morgan fingerprint density at radius 3 is 2.80 bits per heavy atom. The van der Waals surface area contributed by atoms with E-state index < -0.39 is 4.92 Å². The number of halogens is 1. The molecular weight excluding hydrogens is 344 g/mol. The second-order valence-electron chi connectivity index (χ2n) is 5.23. The summed E-state index contributed by atoms with van der Waals surface area (Å²) in [5, 5.41) is 10.9. The van der Waals surface area contributed by atoms with Gasteiger partial charge in [-0.05, 0) is 35.8 Å². The maximum Gasteiger partial charge on any atom is 0.284 e. The van der Waals surface area contributed by atoms with Crippen LogP contribution in [0.3, 0.4) is 0 Å². The van der Waals surface area contributed by atoms with Gasteiger partial charge in [-0.3, -0.25) is 14.9 Å². The highest BCUT2D eigenvalue weighted by atomic mass is 79.9. The van der Waals surface area contributed by atoms with E-state index in [0.29, 0.717) is 18.7 Å². The van der Waals surface area contributed by atoms with Crippen molar-refractivity contribution in [2.75, 3.05) is 18.8 Å². The molecule has 2 rings (SSSR count). The lowest BCUT2D eigenvalue weighted by molar-refractivity contribution is -0.385. The topological polar surface area (TPSA) is 63.5 Å². The normalized spacial score (nSPS) is 17.9. The maximum absolute atomic E-state index is 12.5. The molecule has 0 atom stereocenters. The molecule has 0 saturated carbocycles. The van der Waals surface area contributed by atoms with Crippen LogP contribution < -0.4 is 0 Å². The zero-order valence-corrected chi connectivity index (χ0v) is 13.7. The van der Waals surface area contributed by atoms with E-state index in [0.717, 1.165) is 5.75 Å². The Morgan fingerprint density at radius 1 is 1.50 bits per heavy atom. The molecule has 1 aliphatic rings.